The molecule has 20 heavy (non-hydrogen) atoms. The number of hydrogen-bond donors (Lipinski definition) is 2. The summed E-state index contributed by atoms with van der Waals surface area (Å²) in [4.78, 5) is 6.63. The van der Waals surface area contributed by atoms with Gasteiger partial charge in [0.1, 0.15) is 0 Å². The Bertz CT molecular complexity index is 409. The lowest BCUT2D eigenvalue weighted by molar-refractivity contribution is 0.306. The van der Waals surface area contributed by atoms with E-state index in [2.05, 4.69) is 67.4 Å². The largest absolute Gasteiger partial charge is 0.370 e. The van der Waals surface area contributed by atoms with Crippen molar-refractivity contribution in [1.82, 2.24) is 10.2 Å². The second-order valence-corrected chi connectivity index (χ2v) is 5.40. The number of rotatable bonds is 7. The van der Waals surface area contributed by atoms with E-state index in [1.165, 1.54) is 11.1 Å². The molecule has 0 aliphatic rings. The summed E-state index contributed by atoms with van der Waals surface area (Å²) in [6, 6.07) is 8.85. The molecule has 0 radical (unpaired) electrons. The van der Waals surface area contributed by atoms with Gasteiger partial charge >= 0.3 is 0 Å². The smallest absolute Gasteiger partial charge is 0.188 e. The van der Waals surface area contributed by atoms with Crippen LogP contribution in [0.25, 0.3) is 0 Å². The number of likely N-dealkylation sites (N-methyl/N-ethyl adjacent to an activating group) is 1. The number of nitrogens with two attached hydrogens (primary N) is 1. The summed E-state index contributed by atoms with van der Waals surface area (Å²) in [5.74, 6) is 0.539. The molecule has 1 unspecified atom stereocenters. The Morgan fingerprint density at radius 2 is 1.95 bits per heavy atom. The highest BCUT2D eigenvalue weighted by Crippen LogP contribution is 2.18. The Kier molecular flexibility index (Phi) is 7.09. The first-order chi connectivity index (χ1) is 9.54. The van der Waals surface area contributed by atoms with Gasteiger partial charge in [-0.15, -0.1) is 0 Å². The lowest BCUT2D eigenvalue weighted by atomic mass is 10.0. The first kappa shape index (κ1) is 16.5. The van der Waals surface area contributed by atoms with E-state index in [4.69, 9.17) is 5.73 Å². The van der Waals surface area contributed by atoms with E-state index in [9.17, 15) is 0 Å². The maximum atomic E-state index is 5.89. The van der Waals surface area contributed by atoms with Crippen LogP contribution in [-0.2, 0) is 0 Å². The van der Waals surface area contributed by atoms with Gasteiger partial charge in [0.2, 0.25) is 0 Å². The highest BCUT2D eigenvalue weighted by Gasteiger charge is 2.13. The second-order valence-electron chi connectivity index (χ2n) is 5.40. The van der Waals surface area contributed by atoms with Crippen LogP contribution in [0.2, 0.25) is 0 Å². The molecule has 0 heterocycles. The van der Waals surface area contributed by atoms with Crippen molar-refractivity contribution < 1.29 is 0 Å². The molecule has 0 bridgehead atoms. The fourth-order valence-corrected chi connectivity index (χ4v) is 1.99. The van der Waals surface area contributed by atoms with Crippen LogP contribution in [0.1, 0.15) is 36.9 Å². The minimum Gasteiger partial charge on any atom is -0.370 e. The van der Waals surface area contributed by atoms with Crippen LogP contribution in [0.3, 0.4) is 0 Å². The van der Waals surface area contributed by atoms with E-state index in [0.29, 0.717) is 12.5 Å². The topological polar surface area (TPSA) is 53.6 Å². The summed E-state index contributed by atoms with van der Waals surface area (Å²) in [6.07, 6.45) is 2.27. The zero-order valence-corrected chi connectivity index (χ0v) is 13.2. The lowest BCUT2D eigenvalue weighted by Crippen LogP contribution is -2.33. The van der Waals surface area contributed by atoms with Gasteiger partial charge in [-0.05, 0) is 33.0 Å². The van der Waals surface area contributed by atoms with Crippen molar-refractivity contribution >= 4 is 5.96 Å². The molecule has 0 aromatic heterocycles. The van der Waals surface area contributed by atoms with Crippen molar-refractivity contribution in [2.24, 2.45) is 10.7 Å². The van der Waals surface area contributed by atoms with Crippen molar-refractivity contribution in [3.8, 4) is 0 Å². The van der Waals surface area contributed by atoms with Crippen molar-refractivity contribution in [2.75, 3.05) is 27.2 Å². The number of benzene rings is 1. The third-order valence-electron chi connectivity index (χ3n) is 3.36. The van der Waals surface area contributed by atoms with Crippen molar-refractivity contribution in [2.45, 2.75) is 32.7 Å². The Morgan fingerprint density at radius 1 is 1.30 bits per heavy atom. The number of nitrogens with one attached hydrogen (secondary N) is 1. The van der Waals surface area contributed by atoms with Crippen LogP contribution in [0, 0.1) is 6.92 Å². The van der Waals surface area contributed by atoms with Crippen molar-refractivity contribution in [3.05, 3.63) is 35.4 Å². The monoisotopic (exact) mass is 276 g/mol. The van der Waals surface area contributed by atoms with Gasteiger partial charge < -0.3 is 16.0 Å². The van der Waals surface area contributed by atoms with Gasteiger partial charge in [0.05, 0.1) is 12.6 Å². The molecular weight excluding hydrogens is 248 g/mol. The van der Waals surface area contributed by atoms with E-state index in [0.717, 1.165) is 19.4 Å². The Morgan fingerprint density at radius 3 is 2.50 bits per heavy atom. The molecule has 1 rings (SSSR count). The molecule has 0 saturated heterocycles. The average molecular weight is 276 g/mol. The van der Waals surface area contributed by atoms with Gasteiger partial charge in [-0.3, -0.25) is 4.99 Å². The highest BCUT2D eigenvalue weighted by atomic mass is 15.1. The summed E-state index contributed by atoms with van der Waals surface area (Å²) in [6.45, 7) is 5.82. The summed E-state index contributed by atoms with van der Waals surface area (Å²) in [7, 11) is 4.14. The summed E-state index contributed by atoms with van der Waals surface area (Å²) < 4.78 is 0. The lowest BCUT2D eigenvalue weighted by Gasteiger charge is -2.23. The van der Waals surface area contributed by atoms with Crippen molar-refractivity contribution in [1.29, 1.82) is 0 Å². The van der Waals surface area contributed by atoms with Gasteiger partial charge in [-0.1, -0.05) is 43.2 Å². The van der Waals surface area contributed by atoms with Crippen LogP contribution in [-0.4, -0.2) is 38.0 Å². The number of unbranched alkanes of at least 4 members (excludes halogenated alkanes) is 1. The average Bonchev–Trinajstić information content (AvgIpc) is 2.41. The maximum absolute atomic E-state index is 5.89. The Labute approximate surface area is 123 Å². The molecule has 0 saturated carbocycles. The molecule has 3 N–H and O–H groups in total. The minimum atomic E-state index is 0.252. The number of nitrogens with zero attached hydrogens (tertiary/aromatic N) is 2. The van der Waals surface area contributed by atoms with Gasteiger partial charge in [0.25, 0.3) is 0 Å². The van der Waals surface area contributed by atoms with Crippen LogP contribution in [0.4, 0.5) is 0 Å². The summed E-state index contributed by atoms with van der Waals surface area (Å²) in [5.41, 5.74) is 8.43. The standard InChI is InChI=1S/C16H28N4/c1-5-6-11-18-16(17)19-12-15(20(3)4)14-9-7-13(2)8-10-14/h7-10,15H,5-6,11-12H2,1-4H3,(H3,17,18,19). The third-order valence-corrected chi connectivity index (χ3v) is 3.36. The van der Waals surface area contributed by atoms with Crippen LogP contribution < -0.4 is 11.1 Å². The Hall–Kier alpha value is -1.55. The molecule has 0 fully saturated rings. The molecular formula is C16H28N4. The quantitative estimate of drug-likeness (QED) is 0.456. The second kappa shape index (κ2) is 8.59. The molecule has 1 atom stereocenters. The van der Waals surface area contributed by atoms with E-state index < -0.39 is 0 Å². The molecule has 112 valence electrons. The molecule has 4 nitrogen and oxygen atoms in total. The molecule has 0 aliphatic carbocycles. The molecule has 4 heteroatoms. The number of aryl methyl sites for hydroxylation is 1. The maximum Gasteiger partial charge on any atom is 0.188 e. The van der Waals surface area contributed by atoms with Crippen LogP contribution in [0.5, 0.6) is 0 Å². The summed E-state index contributed by atoms with van der Waals surface area (Å²) >= 11 is 0. The first-order valence-corrected chi connectivity index (χ1v) is 7.31. The highest BCUT2D eigenvalue weighted by molar-refractivity contribution is 5.77. The normalized spacial score (nSPS) is 13.6. The minimum absolute atomic E-state index is 0.252. The van der Waals surface area contributed by atoms with Crippen molar-refractivity contribution in [3.63, 3.8) is 0 Å². The number of hydrogen-bond acceptors (Lipinski definition) is 2. The van der Waals surface area contributed by atoms with E-state index >= 15 is 0 Å². The molecule has 0 aliphatic heterocycles. The zero-order valence-electron chi connectivity index (χ0n) is 13.2. The predicted octanol–water partition coefficient (Wildman–Crippen LogP) is 2.30. The molecule has 0 amide bonds. The van der Waals surface area contributed by atoms with Gasteiger partial charge in [0.15, 0.2) is 5.96 Å². The number of guanidine groups is 1. The van der Waals surface area contributed by atoms with Gasteiger partial charge in [-0.2, -0.15) is 0 Å². The predicted molar refractivity (Wildman–Crippen MR) is 87.0 cm³/mol. The fraction of sp³-hybridized carbons (Fsp3) is 0.562. The molecule has 1 aromatic rings. The van der Waals surface area contributed by atoms with Gasteiger partial charge in [0, 0.05) is 6.54 Å². The zero-order chi connectivity index (χ0) is 15.0. The first-order valence-electron chi connectivity index (χ1n) is 7.31. The van der Waals surface area contributed by atoms with E-state index in [1.54, 1.807) is 0 Å². The SMILES string of the molecule is CCCCNC(N)=NCC(c1ccc(C)cc1)N(C)C. The van der Waals surface area contributed by atoms with E-state index in [-0.39, 0.29) is 6.04 Å². The molecule has 1 aromatic carbocycles. The van der Waals surface area contributed by atoms with Gasteiger partial charge in [-0.25, -0.2) is 0 Å². The Balaban J connectivity index is 2.63. The van der Waals surface area contributed by atoms with Crippen LogP contribution >= 0.6 is 0 Å². The fourth-order valence-electron chi connectivity index (χ4n) is 1.99. The van der Waals surface area contributed by atoms with E-state index in [1.807, 2.05) is 0 Å². The summed E-state index contributed by atoms with van der Waals surface area (Å²) in [5, 5.41) is 3.15. The number of aliphatic imine (C=N–C) groups is 1. The third kappa shape index (κ3) is 5.61. The van der Waals surface area contributed by atoms with Crippen LogP contribution in [0.15, 0.2) is 29.3 Å². The molecule has 0 spiro atoms.